The van der Waals surface area contributed by atoms with Crippen LogP contribution >= 0.6 is 0 Å². The molecule has 168 valence electrons. The van der Waals surface area contributed by atoms with Crippen LogP contribution in [-0.2, 0) is 13.0 Å². The van der Waals surface area contributed by atoms with Crippen molar-refractivity contribution in [1.29, 1.82) is 0 Å². The summed E-state index contributed by atoms with van der Waals surface area (Å²) in [7, 11) is 0. The summed E-state index contributed by atoms with van der Waals surface area (Å²) in [6.07, 6.45) is 8.21. The van der Waals surface area contributed by atoms with Crippen molar-refractivity contribution in [1.82, 2.24) is 24.6 Å². The highest BCUT2D eigenvalue weighted by atomic mass is 16.5. The maximum absolute atomic E-state index is 13.1. The van der Waals surface area contributed by atoms with E-state index in [-0.39, 0.29) is 5.91 Å². The van der Waals surface area contributed by atoms with Crippen molar-refractivity contribution in [3.05, 3.63) is 89.8 Å². The molecule has 0 N–H and O–H groups in total. The number of amides is 1. The van der Waals surface area contributed by atoms with Gasteiger partial charge in [0.05, 0.1) is 6.33 Å². The first kappa shape index (κ1) is 21.1. The predicted molar refractivity (Wildman–Crippen MR) is 125 cm³/mol. The Morgan fingerprint density at radius 3 is 2.79 bits per heavy atom. The number of hydrogen-bond donors (Lipinski definition) is 0. The molecule has 4 aromatic rings. The molecule has 0 radical (unpaired) electrons. The Balaban J connectivity index is 1.21. The van der Waals surface area contributed by atoms with Crippen LogP contribution in [0.15, 0.2) is 71.8 Å². The summed E-state index contributed by atoms with van der Waals surface area (Å²) in [6, 6.07) is 15.9. The smallest absolute Gasteiger partial charge is 0.253 e. The first-order valence-corrected chi connectivity index (χ1v) is 11.4. The fourth-order valence-electron chi connectivity index (χ4n) is 4.46. The first-order valence-electron chi connectivity index (χ1n) is 11.4. The summed E-state index contributed by atoms with van der Waals surface area (Å²) in [6.45, 7) is 4.28. The number of hydrogen-bond acceptors (Lipinski definition) is 5. The van der Waals surface area contributed by atoms with Crippen molar-refractivity contribution in [3.8, 4) is 11.4 Å². The monoisotopic (exact) mass is 441 g/mol. The lowest BCUT2D eigenvalue weighted by Gasteiger charge is -2.32. The summed E-state index contributed by atoms with van der Waals surface area (Å²) in [5, 5.41) is 4.18. The third kappa shape index (κ3) is 4.87. The molecule has 2 aromatic heterocycles. The number of aryl methyl sites for hydroxylation is 1. The molecular formula is C26H27N5O2. The molecule has 1 amide bonds. The fraction of sp³-hybridized carbons (Fsp3) is 0.308. The van der Waals surface area contributed by atoms with Gasteiger partial charge >= 0.3 is 0 Å². The molecule has 0 bridgehead atoms. The normalized spacial score (nSPS) is 16.2. The Kier molecular flexibility index (Phi) is 6.02. The Bertz CT molecular complexity index is 1210. The number of piperidine rings is 1. The van der Waals surface area contributed by atoms with Gasteiger partial charge in [0.15, 0.2) is 0 Å². The van der Waals surface area contributed by atoms with Gasteiger partial charge in [-0.3, -0.25) is 4.79 Å². The summed E-state index contributed by atoms with van der Waals surface area (Å²) in [5.41, 5.74) is 3.98. The van der Waals surface area contributed by atoms with Crippen LogP contribution in [-0.4, -0.2) is 43.6 Å². The molecular weight excluding hydrogens is 414 g/mol. The molecule has 5 rings (SSSR count). The fourth-order valence-corrected chi connectivity index (χ4v) is 4.46. The number of imidazole rings is 1. The SMILES string of the molecule is Cc1ccccc1-c1noc(C[C@H]2CCCN(C(=O)c3ccc(Cn4ccnc4)cc3)C2)n1. The van der Waals surface area contributed by atoms with Gasteiger partial charge in [-0.1, -0.05) is 41.6 Å². The van der Waals surface area contributed by atoms with E-state index in [4.69, 9.17) is 4.52 Å². The van der Waals surface area contributed by atoms with Crippen LogP contribution in [0.4, 0.5) is 0 Å². The Hall–Kier alpha value is -3.74. The van der Waals surface area contributed by atoms with E-state index in [0.717, 1.165) is 48.2 Å². The highest BCUT2D eigenvalue weighted by Crippen LogP contribution is 2.24. The predicted octanol–water partition coefficient (Wildman–Crippen LogP) is 4.38. The quantitative estimate of drug-likeness (QED) is 0.444. The van der Waals surface area contributed by atoms with Gasteiger partial charge < -0.3 is 14.0 Å². The van der Waals surface area contributed by atoms with Gasteiger partial charge in [-0.2, -0.15) is 4.98 Å². The third-order valence-corrected chi connectivity index (χ3v) is 6.25. The highest BCUT2D eigenvalue weighted by Gasteiger charge is 2.26. The zero-order chi connectivity index (χ0) is 22.6. The van der Waals surface area contributed by atoms with Gasteiger partial charge in [0.2, 0.25) is 11.7 Å². The molecule has 1 saturated heterocycles. The Morgan fingerprint density at radius 1 is 1.15 bits per heavy atom. The third-order valence-electron chi connectivity index (χ3n) is 6.25. The van der Waals surface area contributed by atoms with E-state index in [1.165, 1.54) is 0 Å². The van der Waals surface area contributed by atoms with E-state index in [0.29, 0.717) is 30.6 Å². The molecule has 0 unspecified atom stereocenters. The number of nitrogens with zero attached hydrogens (tertiary/aromatic N) is 5. The number of aromatic nitrogens is 4. The molecule has 33 heavy (non-hydrogen) atoms. The van der Waals surface area contributed by atoms with E-state index in [1.54, 1.807) is 12.5 Å². The molecule has 0 saturated carbocycles. The van der Waals surface area contributed by atoms with Gasteiger partial charge in [0.1, 0.15) is 0 Å². The molecule has 1 aliphatic rings. The lowest BCUT2D eigenvalue weighted by atomic mass is 9.94. The van der Waals surface area contributed by atoms with Crippen LogP contribution in [0.2, 0.25) is 0 Å². The topological polar surface area (TPSA) is 77.0 Å². The Labute approximate surface area is 193 Å². The average Bonchev–Trinajstić information content (AvgIpc) is 3.52. The number of likely N-dealkylation sites (tertiary alicyclic amines) is 1. The average molecular weight is 442 g/mol. The van der Waals surface area contributed by atoms with E-state index in [1.807, 2.05) is 71.1 Å². The van der Waals surface area contributed by atoms with Crippen LogP contribution in [0.5, 0.6) is 0 Å². The van der Waals surface area contributed by atoms with Gasteiger partial charge in [0.25, 0.3) is 5.91 Å². The molecule has 7 heteroatoms. The van der Waals surface area contributed by atoms with Crippen molar-refractivity contribution in [3.63, 3.8) is 0 Å². The van der Waals surface area contributed by atoms with E-state index in [2.05, 4.69) is 15.1 Å². The van der Waals surface area contributed by atoms with Crippen LogP contribution < -0.4 is 0 Å². The molecule has 7 nitrogen and oxygen atoms in total. The van der Waals surface area contributed by atoms with E-state index >= 15 is 0 Å². The lowest BCUT2D eigenvalue weighted by Crippen LogP contribution is -2.40. The van der Waals surface area contributed by atoms with E-state index in [9.17, 15) is 4.79 Å². The minimum Gasteiger partial charge on any atom is -0.339 e. The second-order valence-electron chi connectivity index (χ2n) is 8.72. The second-order valence-corrected chi connectivity index (χ2v) is 8.72. The minimum absolute atomic E-state index is 0.0833. The molecule has 3 heterocycles. The number of carbonyl (C=O) groups excluding carboxylic acids is 1. The van der Waals surface area contributed by atoms with Crippen molar-refractivity contribution < 1.29 is 9.32 Å². The zero-order valence-electron chi connectivity index (χ0n) is 18.7. The van der Waals surface area contributed by atoms with Gasteiger partial charge in [-0.25, -0.2) is 4.98 Å². The van der Waals surface area contributed by atoms with Crippen molar-refractivity contribution in [2.45, 2.75) is 32.7 Å². The molecule has 1 aliphatic heterocycles. The molecule has 0 spiro atoms. The lowest BCUT2D eigenvalue weighted by molar-refractivity contribution is 0.0668. The van der Waals surface area contributed by atoms with Crippen molar-refractivity contribution in [2.75, 3.05) is 13.1 Å². The molecule has 2 aromatic carbocycles. The first-order chi connectivity index (χ1) is 16.2. The summed E-state index contributed by atoms with van der Waals surface area (Å²) < 4.78 is 7.55. The molecule has 1 fully saturated rings. The molecule has 1 atom stereocenters. The summed E-state index contributed by atoms with van der Waals surface area (Å²) in [4.78, 5) is 23.8. The minimum atomic E-state index is 0.0833. The van der Waals surface area contributed by atoms with Crippen LogP contribution in [0, 0.1) is 12.8 Å². The number of benzene rings is 2. The highest BCUT2D eigenvalue weighted by molar-refractivity contribution is 5.94. The van der Waals surface area contributed by atoms with Gasteiger partial charge in [-0.15, -0.1) is 0 Å². The van der Waals surface area contributed by atoms with Gasteiger partial charge in [-0.05, 0) is 48.9 Å². The summed E-state index contributed by atoms with van der Waals surface area (Å²) >= 11 is 0. The maximum atomic E-state index is 13.1. The second kappa shape index (κ2) is 9.40. The van der Waals surface area contributed by atoms with Crippen molar-refractivity contribution in [2.24, 2.45) is 5.92 Å². The largest absolute Gasteiger partial charge is 0.339 e. The van der Waals surface area contributed by atoms with Crippen LogP contribution in [0.1, 0.15) is 40.2 Å². The molecule has 0 aliphatic carbocycles. The summed E-state index contributed by atoms with van der Waals surface area (Å²) in [5.74, 6) is 1.66. The van der Waals surface area contributed by atoms with Gasteiger partial charge in [0, 0.05) is 49.6 Å². The Morgan fingerprint density at radius 2 is 2.00 bits per heavy atom. The van der Waals surface area contributed by atoms with E-state index < -0.39 is 0 Å². The van der Waals surface area contributed by atoms with Crippen molar-refractivity contribution >= 4 is 5.91 Å². The van der Waals surface area contributed by atoms with Crippen LogP contribution in [0.3, 0.4) is 0 Å². The standard InChI is InChI=1S/C26H27N5O2/c1-19-5-2-3-7-23(19)25-28-24(33-29-25)15-21-6-4-13-31(17-21)26(32)22-10-8-20(9-11-22)16-30-14-12-27-18-30/h2-3,5,7-12,14,18,21H,4,6,13,15-17H2,1H3/t21-/m1/s1. The van der Waals surface area contributed by atoms with Crippen LogP contribution in [0.25, 0.3) is 11.4 Å². The maximum Gasteiger partial charge on any atom is 0.253 e. The number of carbonyl (C=O) groups is 1. The number of rotatable bonds is 6. The zero-order valence-corrected chi connectivity index (χ0v) is 18.7.